The van der Waals surface area contributed by atoms with Crippen LogP contribution in [-0.4, -0.2) is 44.1 Å². The maximum absolute atomic E-state index is 13.1. The van der Waals surface area contributed by atoms with Crippen molar-refractivity contribution < 1.29 is 36.9 Å². The van der Waals surface area contributed by atoms with E-state index in [-0.39, 0.29) is 17.1 Å². The zero-order valence-corrected chi connectivity index (χ0v) is 19.2. The van der Waals surface area contributed by atoms with Gasteiger partial charge in [0.15, 0.2) is 22.9 Å². The van der Waals surface area contributed by atoms with Crippen LogP contribution in [0.15, 0.2) is 42.6 Å². The number of aromatic nitrogens is 2. The normalized spacial score (nSPS) is 12.1. The summed E-state index contributed by atoms with van der Waals surface area (Å²) in [6.07, 6.45) is -3.17. The summed E-state index contributed by atoms with van der Waals surface area (Å²) in [4.78, 5) is 13.0. The molecule has 1 heterocycles. The number of benzene rings is 2. The highest BCUT2D eigenvalue weighted by Crippen LogP contribution is 2.39. The molecule has 0 spiro atoms. The average molecular weight is 479 g/mol. The van der Waals surface area contributed by atoms with Gasteiger partial charge in [-0.05, 0) is 42.8 Å². The molecule has 8 nitrogen and oxygen atoms in total. The fourth-order valence-electron chi connectivity index (χ4n) is 3.32. The number of nitrogens with zero attached hydrogens (tertiary/aromatic N) is 2. The molecule has 1 unspecified atom stereocenters. The molecule has 0 saturated carbocycles. The second-order valence-corrected chi connectivity index (χ2v) is 7.19. The zero-order chi connectivity index (χ0) is 25.0. The van der Waals surface area contributed by atoms with Gasteiger partial charge in [0.25, 0.3) is 5.91 Å². The lowest BCUT2D eigenvalue weighted by Crippen LogP contribution is -2.27. The first-order valence-electron chi connectivity index (χ1n) is 10.0. The van der Waals surface area contributed by atoms with E-state index in [1.54, 1.807) is 19.1 Å². The monoisotopic (exact) mass is 479 g/mol. The number of carbonyl (C=O) groups excluding carboxylic acids is 1. The van der Waals surface area contributed by atoms with E-state index in [4.69, 9.17) is 18.9 Å². The Balaban J connectivity index is 1.89. The largest absolute Gasteiger partial charge is 0.493 e. The Morgan fingerprint density at radius 3 is 2.12 bits per heavy atom. The molecule has 1 N–H and O–H groups in total. The molecule has 0 saturated heterocycles. The van der Waals surface area contributed by atoms with Gasteiger partial charge in [-0.3, -0.25) is 4.79 Å². The lowest BCUT2D eigenvalue weighted by atomic mass is 10.1. The molecule has 11 heteroatoms. The van der Waals surface area contributed by atoms with Gasteiger partial charge in [-0.2, -0.15) is 18.3 Å². The summed E-state index contributed by atoms with van der Waals surface area (Å²) < 4.78 is 61.6. The molecule has 1 aromatic heterocycles. The van der Waals surface area contributed by atoms with E-state index >= 15 is 0 Å². The number of hydrogen-bond donors (Lipinski definition) is 1. The summed E-state index contributed by atoms with van der Waals surface area (Å²) in [5.41, 5.74) is -0.121. The lowest BCUT2D eigenvalue weighted by molar-refractivity contribution is -0.137. The zero-order valence-electron chi connectivity index (χ0n) is 19.2. The van der Waals surface area contributed by atoms with Gasteiger partial charge in [0.2, 0.25) is 5.75 Å². The molecule has 1 amide bonds. The third-order valence-electron chi connectivity index (χ3n) is 5.09. The first-order valence-corrected chi connectivity index (χ1v) is 10.0. The SMILES string of the molecule is COc1cn(-c2cccc(C(F)(F)F)c2)nc1C(=O)NC(C)c1cc(OC)c(OC)c(OC)c1. The van der Waals surface area contributed by atoms with Crippen molar-refractivity contribution in [3.8, 4) is 28.7 Å². The molecule has 3 rings (SSSR count). The molecule has 2 aromatic carbocycles. The van der Waals surface area contributed by atoms with Gasteiger partial charge in [-0.1, -0.05) is 6.07 Å². The van der Waals surface area contributed by atoms with Gasteiger partial charge in [0.05, 0.1) is 51.9 Å². The van der Waals surface area contributed by atoms with Crippen LogP contribution in [0.25, 0.3) is 5.69 Å². The summed E-state index contributed by atoms with van der Waals surface area (Å²) in [7, 11) is 5.79. The van der Waals surface area contributed by atoms with E-state index in [0.29, 0.717) is 22.8 Å². The van der Waals surface area contributed by atoms with Gasteiger partial charge in [-0.15, -0.1) is 0 Å². The topological polar surface area (TPSA) is 83.8 Å². The smallest absolute Gasteiger partial charge is 0.416 e. The van der Waals surface area contributed by atoms with Crippen LogP contribution in [0.1, 0.15) is 34.6 Å². The minimum absolute atomic E-state index is 0.0841. The highest BCUT2D eigenvalue weighted by Gasteiger charge is 2.31. The lowest BCUT2D eigenvalue weighted by Gasteiger charge is -2.18. The van der Waals surface area contributed by atoms with E-state index in [9.17, 15) is 18.0 Å². The predicted molar refractivity (Wildman–Crippen MR) is 117 cm³/mol. The van der Waals surface area contributed by atoms with E-state index in [1.807, 2.05) is 0 Å². The third kappa shape index (κ3) is 5.03. The summed E-state index contributed by atoms with van der Waals surface area (Å²) in [6.45, 7) is 1.74. The molecule has 1 atom stereocenters. The molecule has 3 aromatic rings. The molecule has 0 fully saturated rings. The maximum atomic E-state index is 13.1. The van der Waals surface area contributed by atoms with Crippen molar-refractivity contribution in [3.05, 3.63) is 59.4 Å². The number of alkyl halides is 3. The Hall–Kier alpha value is -3.89. The Bertz CT molecular complexity index is 1150. The van der Waals surface area contributed by atoms with Crippen LogP contribution < -0.4 is 24.3 Å². The summed E-state index contributed by atoms with van der Waals surface area (Å²) in [6, 6.07) is 7.49. The van der Waals surface area contributed by atoms with Crippen molar-refractivity contribution in [2.75, 3.05) is 28.4 Å². The van der Waals surface area contributed by atoms with Crippen LogP contribution >= 0.6 is 0 Å². The first-order chi connectivity index (χ1) is 16.1. The fraction of sp³-hybridized carbons (Fsp3) is 0.304. The van der Waals surface area contributed by atoms with Crippen LogP contribution in [0.4, 0.5) is 13.2 Å². The van der Waals surface area contributed by atoms with E-state index in [2.05, 4.69) is 10.4 Å². The molecule has 0 radical (unpaired) electrons. The number of amides is 1. The molecule has 0 aliphatic rings. The molecule has 182 valence electrons. The van der Waals surface area contributed by atoms with Crippen molar-refractivity contribution in [1.29, 1.82) is 0 Å². The first kappa shape index (κ1) is 24.7. The van der Waals surface area contributed by atoms with E-state index < -0.39 is 23.7 Å². The molecule has 0 aliphatic heterocycles. The van der Waals surface area contributed by atoms with Crippen LogP contribution in [0.2, 0.25) is 0 Å². The minimum atomic E-state index is -4.51. The van der Waals surface area contributed by atoms with Gasteiger partial charge < -0.3 is 24.3 Å². The van der Waals surface area contributed by atoms with Gasteiger partial charge >= 0.3 is 6.18 Å². The molecule has 34 heavy (non-hydrogen) atoms. The van der Waals surface area contributed by atoms with Crippen molar-refractivity contribution >= 4 is 5.91 Å². The standard InChI is InChI=1S/C23H24F3N3O5/c1-13(14-9-17(31-2)21(34-5)18(10-14)32-3)27-22(30)20-19(33-4)12-29(28-20)16-8-6-7-15(11-16)23(24,25)26/h6-13H,1-5H3,(H,27,30). The summed E-state index contributed by atoms with van der Waals surface area (Å²) in [5.74, 6) is 0.776. The number of hydrogen-bond acceptors (Lipinski definition) is 6. The van der Waals surface area contributed by atoms with E-state index in [1.165, 1.54) is 46.8 Å². The Morgan fingerprint density at radius 1 is 0.971 bits per heavy atom. The van der Waals surface area contributed by atoms with E-state index in [0.717, 1.165) is 16.8 Å². The quantitative estimate of drug-likeness (QED) is 0.515. The molecule has 0 bridgehead atoms. The van der Waals surface area contributed by atoms with Crippen LogP contribution in [0, 0.1) is 0 Å². The van der Waals surface area contributed by atoms with Crippen molar-refractivity contribution in [2.45, 2.75) is 19.1 Å². The fourth-order valence-corrected chi connectivity index (χ4v) is 3.32. The average Bonchev–Trinajstić information content (AvgIpc) is 3.27. The Morgan fingerprint density at radius 2 is 1.59 bits per heavy atom. The summed E-state index contributed by atoms with van der Waals surface area (Å²) in [5, 5.41) is 6.96. The van der Waals surface area contributed by atoms with Crippen LogP contribution in [0.5, 0.6) is 23.0 Å². The molecular weight excluding hydrogens is 455 g/mol. The van der Waals surface area contributed by atoms with Crippen molar-refractivity contribution in [1.82, 2.24) is 15.1 Å². The second kappa shape index (κ2) is 9.94. The summed E-state index contributed by atoms with van der Waals surface area (Å²) >= 11 is 0. The van der Waals surface area contributed by atoms with Gasteiger partial charge in [0, 0.05) is 0 Å². The number of methoxy groups -OCH3 is 4. The predicted octanol–water partition coefficient (Wildman–Crippen LogP) is 4.42. The Labute approximate surface area is 194 Å². The highest BCUT2D eigenvalue weighted by atomic mass is 19.4. The number of halogens is 3. The number of nitrogens with one attached hydrogen (secondary N) is 1. The van der Waals surface area contributed by atoms with Crippen molar-refractivity contribution in [2.24, 2.45) is 0 Å². The minimum Gasteiger partial charge on any atom is -0.493 e. The highest BCUT2D eigenvalue weighted by molar-refractivity contribution is 5.95. The van der Waals surface area contributed by atoms with Gasteiger partial charge in [-0.25, -0.2) is 4.68 Å². The van der Waals surface area contributed by atoms with Crippen LogP contribution in [-0.2, 0) is 6.18 Å². The van der Waals surface area contributed by atoms with Gasteiger partial charge in [0.1, 0.15) is 0 Å². The second-order valence-electron chi connectivity index (χ2n) is 7.19. The number of rotatable bonds is 8. The number of carbonyl (C=O) groups is 1. The third-order valence-corrected chi connectivity index (χ3v) is 5.09. The maximum Gasteiger partial charge on any atom is 0.416 e. The molecular formula is C23H24F3N3O5. The number of ether oxygens (including phenoxy) is 4. The van der Waals surface area contributed by atoms with Crippen molar-refractivity contribution in [3.63, 3.8) is 0 Å². The van der Waals surface area contributed by atoms with Crippen LogP contribution in [0.3, 0.4) is 0 Å². The molecule has 0 aliphatic carbocycles. The Kier molecular flexibility index (Phi) is 7.23.